The number of benzene rings is 1. The summed E-state index contributed by atoms with van der Waals surface area (Å²) in [4.78, 5) is 12.1. The Balaban J connectivity index is 1.84. The number of hydrogen-bond acceptors (Lipinski definition) is 3. The van der Waals surface area contributed by atoms with Crippen molar-refractivity contribution in [1.29, 1.82) is 0 Å². The van der Waals surface area contributed by atoms with Crippen LogP contribution in [0.5, 0.6) is 0 Å². The Kier molecular flexibility index (Phi) is 8.66. The predicted octanol–water partition coefficient (Wildman–Crippen LogP) is 6.10. The summed E-state index contributed by atoms with van der Waals surface area (Å²) in [6, 6.07) is 10.2. The number of cyclic esters (lactones) is 1. The molecule has 4 heteroatoms. The minimum absolute atomic E-state index is 0.0992. The summed E-state index contributed by atoms with van der Waals surface area (Å²) in [5.74, 6) is -0.0188. The van der Waals surface area contributed by atoms with Crippen molar-refractivity contribution in [2.45, 2.75) is 51.9 Å². The van der Waals surface area contributed by atoms with Crippen LogP contribution in [0, 0.1) is 11.8 Å². The fourth-order valence-corrected chi connectivity index (χ4v) is 4.50. The molecule has 0 amide bonds. The summed E-state index contributed by atoms with van der Waals surface area (Å²) in [5, 5.41) is 1.34. The summed E-state index contributed by atoms with van der Waals surface area (Å²) < 4.78 is 11.2. The van der Waals surface area contributed by atoms with E-state index in [9.17, 15) is 4.79 Å². The summed E-state index contributed by atoms with van der Waals surface area (Å²) in [7, 11) is -1.37. The summed E-state index contributed by atoms with van der Waals surface area (Å²) in [5.41, 5.74) is 2.90. The Morgan fingerprint density at radius 3 is 2.52 bits per heavy atom. The zero-order chi connectivity index (χ0) is 21.4. The Morgan fingerprint density at radius 2 is 1.86 bits per heavy atom. The highest BCUT2D eigenvalue weighted by atomic mass is 28.3. The third kappa shape index (κ3) is 7.13. The van der Waals surface area contributed by atoms with Gasteiger partial charge in [0.15, 0.2) is 0 Å². The monoisotopic (exact) mass is 412 g/mol. The zero-order valence-corrected chi connectivity index (χ0v) is 19.3. The topological polar surface area (TPSA) is 35.5 Å². The van der Waals surface area contributed by atoms with Gasteiger partial charge in [0.25, 0.3) is 0 Å². The van der Waals surface area contributed by atoms with Crippen LogP contribution in [-0.4, -0.2) is 27.3 Å². The predicted molar refractivity (Wildman–Crippen MR) is 123 cm³/mol. The maximum atomic E-state index is 12.1. The van der Waals surface area contributed by atoms with Gasteiger partial charge in [-0.25, -0.2) is 4.79 Å². The SMILES string of the molecule is C=C(CCCOCc1ccccc1)[C@H]1COC(=O)C(=C)[C@@H]1CCC(=C)[Si](C)(C)C. The molecule has 0 radical (unpaired) electrons. The number of ether oxygens (including phenoxy) is 2. The molecule has 0 N–H and O–H groups in total. The molecule has 1 fully saturated rings. The van der Waals surface area contributed by atoms with Gasteiger partial charge in [-0.05, 0) is 31.2 Å². The fraction of sp³-hybridized carbons (Fsp3) is 0.480. The second kappa shape index (κ2) is 10.7. The molecule has 0 unspecified atom stereocenters. The van der Waals surface area contributed by atoms with E-state index in [0.29, 0.717) is 25.4 Å². The Hall–Kier alpha value is -1.91. The van der Waals surface area contributed by atoms with E-state index in [1.54, 1.807) is 0 Å². The number of esters is 1. The van der Waals surface area contributed by atoms with Crippen LogP contribution < -0.4 is 0 Å². The van der Waals surface area contributed by atoms with Gasteiger partial charge in [-0.1, -0.05) is 73.9 Å². The van der Waals surface area contributed by atoms with E-state index in [2.05, 4.69) is 51.5 Å². The van der Waals surface area contributed by atoms with Gasteiger partial charge in [0.05, 0.1) is 21.3 Å². The van der Waals surface area contributed by atoms with E-state index in [4.69, 9.17) is 9.47 Å². The van der Waals surface area contributed by atoms with Gasteiger partial charge in [-0.3, -0.25) is 0 Å². The molecule has 2 rings (SSSR count). The van der Waals surface area contributed by atoms with Gasteiger partial charge in [-0.15, -0.1) is 6.58 Å². The van der Waals surface area contributed by atoms with Crippen LogP contribution in [0.4, 0.5) is 0 Å². The first-order valence-electron chi connectivity index (χ1n) is 10.5. The molecule has 29 heavy (non-hydrogen) atoms. The van der Waals surface area contributed by atoms with Crippen LogP contribution in [0.25, 0.3) is 0 Å². The number of allylic oxidation sites excluding steroid dienone is 1. The van der Waals surface area contributed by atoms with Crippen molar-refractivity contribution >= 4 is 14.0 Å². The molecular weight excluding hydrogens is 376 g/mol. The number of rotatable bonds is 11. The molecular formula is C25H36O3Si. The lowest BCUT2D eigenvalue weighted by Crippen LogP contribution is -2.34. The molecule has 1 aliphatic rings. The van der Waals surface area contributed by atoms with E-state index >= 15 is 0 Å². The number of carbonyl (C=O) groups is 1. The molecule has 0 spiro atoms. The number of hydrogen-bond donors (Lipinski definition) is 0. The molecule has 158 valence electrons. The summed E-state index contributed by atoms with van der Waals surface area (Å²) >= 11 is 0. The van der Waals surface area contributed by atoms with E-state index in [-0.39, 0.29) is 17.8 Å². The first-order chi connectivity index (χ1) is 13.7. The lowest BCUT2D eigenvalue weighted by Gasteiger charge is -2.34. The largest absolute Gasteiger partial charge is 0.462 e. The second-order valence-corrected chi connectivity index (χ2v) is 14.2. The van der Waals surface area contributed by atoms with Crippen molar-refractivity contribution in [3.63, 3.8) is 0 Å². The smallest absolute Gasteiger partial charge is 0.333 e. The van der Waals surface area contributed by atoms with Crippen molar-refractivity contribution in [2.75, 3.05) is 13.2 Å². The lowest BCUT2D eigenvalue weighted by molar-refractivity contribution is -0.144. The maximum absolute atomic E-state index is 12.1. The fourth-order valence-electron chi connectivity index (χ4n) is 3.60. The molecule has 0 aliphatic carbocycles. The standard InChI is InChI=1S/C25H36O3Si/c1-19(11-10-16-27-17-22-12-8-7-9-13-22)24-18-28-25(26)21(3)23(24)15-14-20(2)29(4,5)6/h7-9,12-13,23-24H,1-3,10-11,14-18H2,4-6H3/t23-,24+/m0/s1. The quantitative estimate of drug-likeness (QED) is 0.145. The highest BCUT2D eigenvalue weighted by Crippen LogP contribution is 2.37. The van der Waals surface area contributed by atoms with Crippen LogP contribution in [0.3, 0.4) is 0 Å². The van der Waals surface area contributed by atoms with Crippen molar-refractivity contribution in [2.24, 2.45) is 11.8 Å². The first kappa shape index (κ1) is 23.4. The molecule has 0 saturated carbocycles. The average Bonchev–Trinajstić information content (AvgIpc) is 2.68. The normalized spacial score (nSPS) is 19.7. The molecule has 1 aliphatic heterocycles. The molecule has 2 atom stereocenters. The third-order valence-electron chi connectivity index (χ3n) is 5.83. The van der Waals surface area contributed by atoms with Gasteiger partial charge >= 0.3 is 5.97 Å². The Morgan fingerprint density at radius 1 is 1.17 bits per heavy atom. The molecule has 0 aromatic heterocycles. The summed E-state index contributed by atoms with van der Waals surface area (Å²) in [6.45, 7) is 21.3. The van der Waals surface area contributed by atoms with Crippen molar-refractivity contribution in [3.8, 4) is 0 Å². The van der Waals surface area contributed by atoms with E-state index in [1.165, 1.54) is 10.8 Å². The maximum Gasteiger partial charge on any atom is 0.333 e. The average molecular weight is 413 g/mol. The summed E-state index contributed by atoms with van der Waals surface area (Å²) in [6.07, 6.45) is 3.62. The van der Waals surface area contributed by atoms with Gasteiger partial charge in [-0.2, -0.15) is 0 Å². The van der Waals surface area contributed by atoms with Crippen molar-refractivity contribution < 1.29 is 14.3 Å². The minimum Gasteiger partial charge on any atom is -0.462 e. The second-order valence-electron chi connectivity index (χ2n) is 9.03. The third-order valence-corrected chi connectivity index (χ3v) is 8.20. The lowest BCUT2D eigenvalue weighted by atomic mass is 9.77. The van der Waals surface area contributed by atoms with Crippen LogP contribution >= 0.6 is 0 Å². The van der Waals surface area contributed by atoms with Crippen LogP contribution in [0.2, 0.25) is 19.6 Å². The van der Waals surface area contributed by atoms with Crippen LogP contribution in [0.1, 0.15) is 31.2 Å². The zero-order valence-electron chi connectivity index (χ0n) is 18.3. The Bertz CT molecular complexity index is 730. The molecule has 1 heterocycles. The van der Waals surface area contributed by atoms with Gasteiger partial charge in [0, 0.05) is 24.0 Å². The molecule has 1 saturated heterocycles. The molecule has 3 nitrogen and oxygen atoms in total. The van der Waals surface area contributed by atoms with Crippen LogP contribution in [0.15, 0.2) is 66.4 Å². The highest BCUT2D eigenvalue weighted by molar-refractivity contribution is 6.82. The van der Waals surface area contributed by atoms with E-state index in [0.717, 1.165) is 31.3 Å². The Labute approximate surface area is 177 Å². The first-order valence-corrected chi connectivity index (χ1v) is 14.0. The molecule has 1 aromatic rings. The van der Waals surface area contributed by atoms with E-state index in [1.807, 2.05) is 18.2 Å². The molecule has 1 aromatic carbocycles. The van der Waals surface area contributed by atoms with Gasteiger partial charge < -0.3 is 9.47 Å². The minimum atomic E-state index is -1.37. The highest BCUT2D eigenvalue weighted by Gasteiger charge is 2.35. The van der Waals surface area contributed by atoms with E-state index < -0.39 is 8.07 Å². The van der Waals surface area contributed by atoms with Crippen molar-refractivity contribution in [1.82, 2.24) is 0 Å². The van der Waals surface area contributed by atoms with Crippen LogP contribution in [-0.2, 0) is 20.9 Å². The van der Waals surface area contributed by atoms with Crippen molar-refractivity contribution in [3.05, 3.63) is 72.0 Å². The number of carbonyl (C=O) groups excluding carboxylic acids is 1. The molecule has 0 bridgehead atoms. The van der Waals surface area contributed by atoms with Gasteiger partial charge in [0.2, 0.25) is 0 Å². The van der Waals surface area contributed by atoms with Gasteiger partial charge in [0.1, 0.15) is 0 Å².